The van der Waals surface area contributed by atoms with Crippen LogP contribution in [0.4, 0.5) is 0 Å². The number of nitrogens with zero attached hydrogens (tertiary/aromatic N) is 2. The standard InChI is InChI=1S/C26H27N2/c1-20-12-14-21(15-13-20)17-27-16-6-7-22(18-27)19-28-25-10-4-2-8-23(25)24-9-3-5-11-26(24)28/h2,4,6-8,10,12-16,18H,3,5,9,11,17,19H2,1H3/q+1. The molecule has 2 heteroatoms. The van der Waals surface area contributed by atoms with Gasteiger partial charge in [-0.25, -0.2) is 4.57 Å². The molecule has 1 aliphatic rings. The minimum Gasteiger partial charge on any atom is -0.340 e. The maximum Gasteiger partial charge on any atom is 0.174 e. The lowest BCUT2D eigenvalue weighted by Gasteiger charge is -2.16. The molecule has 4 aromatic rings. The predicted octanol–water partition coefficient (Wildman–Crippen LogP) is 5.21. The van der Waals surface area contributed by atoms with Crippen LogP contribution in [0.3, 0.4) is 0 Å². The molecule has 0 aliphatic heterocycles. The highest BCUT2D eigenvalue weighted by Crippen LogP contribution is 2.32. The molecule has 0 amide bonds. The van der Waals surface area contributed by atoms with Crippen LogP contribution in [0.2, 0.25) is 0 Å². The lowest BCUT2D eigenvalue weighted by Crippen LogP contribution is -2.34. The molecule has 0 saturated heterocycles. The molecule has 0 fully saturated rings. The summed E-state index contributed by atoms with van der Waals surface area (Å²) in [6.45, 7) is 4.00. The summed E-state index contributed by atoms with van der Waals surface area (Å²) in [4.78, 5) is 0. The first-order valence-corrected chi connectivity index (χ1v) is 10.4. The van der Waals surface area contributed by atoms with E-state index in [2.05, 4.69) is 89.1 Å². The Morgan fingerprint density at radius 2 is 1.68 bits per heavy atom. The first kappa shape index (κ1) is 17.2. The molecule has 0 N–H and O–H groups in total. The Balaban J connectivity index is 1.48. The molecule has 28 heavy (non-hydrogen) atoms. The van der Waals surface area contributed by atoms with Gasteiger partial charge in [-0.05, 0) is 50.3 Å². The van der Waals surface area contributed by atoms with Gasteiger partial charge >= 0.3 is 0 Å². The second-order valence-corrected chi connectivity index (χ2v) is 8.11. The van der Waals surface area contributed by atoms with Crippen LogP contribution in [-0.4, -0.2) is 4.57 Å². The van der Waals surface area contributed by atoms with E-state index in [-0.39, 0.29) is 0 Å². The molecule has 2 aromatic carbocycles. The number of fused-ring (bicyclic) bond motifs is 3. The number of hydrogen-bond acceptors (Lipinski definition) is 0. The topological polar surface area (TPSA) is 8.81 Å². The van der Waals surface area contributed by atoms with E-state index in [1.807, 2.05) is 0 Å². The van der Waals surface area contributed by atoms with Crippen molar-refractivity contribution in [3.8, 4) is 0 Å². The molecule has 0 saturated carbocycles. The largest absolute Gasteiger partial charge is 0.340 e. The summed E-state index contributed by atoms with van der Waals surface area (Å²) in [6, 6.07) is 22.2. The van der Waals surface area contributed by atoms with Crippen LogP contribution in [0, 0.1) is 6.92 Å². The van der Waals surface area contributed by atoms with E-state index >= 15 is 0 Å². The Morgan fingerprint density at radius 1 is 0.857 bits per heavy atom. The average Bonchev–Trinajstić information content (AvgIpc) is 3.04. The molecule has 2 aromatic heterocycles. The molecule has 0 radical (unpaired) electrons. The summed E-state index contributed by atoms with van der Waals surface area (Å²) in [7, 11) is 0. The fourth-order valence-electron chi connectivity index (χ4n) is 4.62. The van der Waals surface area contributed by atoms with E-state index in [1.54, 1.807) is 11.3 Å². The lowest BCUT2D eigenvalue weighted by molar-refractivity contribution is -0.688. The Kier molecular flexibility index (Phi) is 4.48. The van der Waals surface area contributed by atoms with Gasteiger partial charge in [0, 0.05) is 33.8 Å². The highest BCUT2D eigenvalue weighted by Gasteiger charge is 2.20. The molecular formula is C26H27N2+. The monoisotopic (exact) mass is 367 g/mol. The minimum atomic E-state index is 0.915. The van der Waals surface area contributed by atoms with Gasteiger partial charge in [0.1, 0.15) is 0 Å². The van der Waals surface area contributed by atoms with Crippen LogP contribution in [0.25, 0.3) is 10.9 Å². The number of aromatic nitrogens is 2. The molecule has 1 aliphatic carbocycles. The van der Waals surface area contributed by atoms with Gasteiger partial charge in [0.2, 0.25) is 0 Å². The van der Waals surface area contributed by atoms with Crippen LogP contribution < -0.4 is 4.57 Å². The third-order valence-electron chi connectivity index (χ3n) is 6.03. The van der Waals surface area contributed by atoms with E-state index in [0.29, 0.717) is 0 Å². The van der Waals surface area contributed by atoms with Gasteiger partial charge in [0.05, 0.1) is 6.54 Å². The molecule has 0 atom stereocenters. The molecule has 0 spiro atoms. The smallest absolute Gasteiger partial charge is 0.174 e. The van der Waals surface area contributed by atoms with E-state index in [1.165, 1.54) is 53.3 Å². The summed E-state index contributed by atoms with van der Waals surface area (Å²) < 4.78 is 4.87. The van der Waals surface area contributed by atoms with Crippen molar-refractivity contribution in [3.05, 3.63) is 101 Å². The molecule has 0 bridgehead atoms. The Hall–Kier alpha value is -2.87. The second-order valence-electron chi connectivity index (χ2n) is 8.11. The molecule has 2 heterocycles. The number of rotatable bonds is 4. The Bertz CT molecular complexity index is 1120. The van der Waals surface area contributed by atoms with Crippen molar-refractivity contribution in [3.63, 3.8) is 0 Å². The molecule has 0 unspecified atom stereocenters. The minimum absolute atomic E-state index is 0.915. The summed E-state index contributed by atoms with van der Waals surface area (Å²) in [5.41, 5.74) is 8.56. The second kappa shape index (κ2) is 7.27. The highest BCUT2D eigenvalue weighted by molar-refractivity contribution is 5.86. The van der Waals surface area contributed by atoms with Crippen molar-refractivity contribution >= 4 is 10.9 Å². The third kappa shape index (κ3) is 3.24. The molecule has 140 valence electrons. The molecule has 5 rings (SSSR count). The van der Waals surface area contributed by atoms with E-state index in [4.69, 9.17) is 0 Å². The van der Waals surface area contributed by atoms with Crippen molar-refractivity contribution in [2.75, 3.05) is 0 Å². The summed E-state index contributed by atoms with van der Waals surface area (Å²) in [5, 5.41) is 1.46. The van der Waals surface area contributed by atoms with Gasteiger partial charge < -0.3 is 4.57 Å². The maximum absolute atomic E-state index is 2.56. The summed E-state index contributed by atoms with van der Waals surface area (Å²) in [6.07, 6.45) is 9.55. The van der Waals surface area contributed by atoms with Crippen molar-refractivity contribution in [1.29, 1.82) is 0 Å². The maximum atomic E-state index is 2.56. The van der Waals surface area contributed by atoms with Gasteiger partial charge in [-0.3, -0.25) is 0 Å². The fraction of sp³-hybridized carbons (Fsp3) is 0.269. The SMILES string of the molecule is Cc1ccc(C[n+]2cccc(Cn3c4c(c5ccccc53)CCCC4)c2)cc1. The number of aryl methyl sites for hydroxylation is 2. The highest BCUT2D eigenvalue weighted by atomic mass is 15.0. The number of pyridine rings is 1. The van der Waals surface area contributed by atoms with Crippen LogP contribution in [0.15, 0.2) is 73.1 Å². The zero-order chi connectivity index (χ0) is 18.9. The first-order chi connectivity index (χ1) is 13.8. The fourth-order valence-corrected chi connectivity index (χ4v) is 4.62. The quantitative estimate of drug-likeness (QED) is 0.438. The molecular weight excluding hydrogens is 340 g/mol. The van der Waals surface area contributed by atoms with E-state index in [0.717, 1.165) is 13.1 Å². The lowest BCUT2D eigenvalue weighted by atomic mass is 9.95. The third-order valence-corrected chi connectivity index (χ3v) is 6.03. The van der Waals surface area contributed by atoms with Gasteiger partial charge in [-0.1, -0.05) is 48.0 Å². The first-order valence-electron chi connectivity index (χ1n) is 10.4. The van der Waals surface area contributed by atoms with Crippen molar-refractivity contribution in [2.24, 2.45) is 0 Å². The van der Waals surface area contributed by atoms with Gasteiger partial charge in [0.15, 0.2) is 18.9 Å². The Labute approximate surface area is 167 Å². The zero-order valence-corrected chi connectivity index (χ0v) is 16.6. The number of hydrogen-bond donors (Lipinski definition) is 0. The normalized spacial score (nSPS) is 13.6. The predicted molar refractivity (Wildman–Crippen MR) is 115 cm³/mol. The number of benzene rings is 2. The van der Waals surface area contributed by atoms with Gasteiger partial charge in [0.25, 0.3) is 0 Å². The summed E-state index contributed by atoms with van der Waals surface area (Å²) >= 11 is 0. The van der Waals surface area contributed by atoms with Crippen LogP contribution in [0.5, 0.6) is 0 Å². The van der Waals surface area contributed by atoms with E-state index in [9.17, 15) is 0 Å². The van der Waals surface area contributed by atoms with Crippen molar-refractivity contribution in [1.82, 2.24) is 4.57 Å². The summed E-state index contributed by atoms with van der Waals surface area (Å²) in [5.74, 6) is 0. The van der Waals surface area contributed by atoms with E-state index < -0.39 is 0 Å². The van der Waals surface area contributed by atoms with Crippen molar-refractivity contribution < 1.29 is 4.57 Å². The zero-order valence-electron chi connectivity index (χ0n) is 16.6. The van der Waals surface area contributed by atoms with Crippen LogP contribution in [0.1, 0.15) is 40.8 Å². The van der Waals surface area contributed by atoms with Crippen molar-refractivity contribution in [2.45, 2.75) is 45.7 Å². The number of para-hydroxylation sites is 1. The average molecular weight is 368 g/mol. The van der Waals surface area contributed by atoms with Crippen LogP contribution in [-0.2, 0) is 25.9 Å². The van der Waals surface area contributed by atoms with Crippen LogP contribution >= 0.6 is 0 Å². The van der Waals surface area contributed by atoms with Gasteiger partial charge in [-0.2, -0.15) is 0 Å². The molecule has 2 nitrogen and oxygen atoms in total. The van der Waals surface area contributed by atoms with Gasteiger partial charge in [-0.15, -0.1) is 0 Å². The Morgan fingerprint density at radius 3 is 2.57 bits per heavy atom.